The van der Waals surface area contributed by atoms with E-state index >= 15 is 0 Å². The number of rotatable bonds is 4. The molecule has 5 rings (SSSR count). The largest absolute Gasteiger partial charge is 0.508 e. The zero-order chi connectivity index (χ0) is 20.9. The zero-order valence-electron chi connectivity index (χ0n) is 18.0. The van der Waals surface area contributed by atoms with E-state index < -0.39 is 0 Å². The lowest BCUT2D eigenvalue weighted by molar-refractivity contribution is -0.0281. The Morgan fingerprint density at radius 1 is 1.17 bits per heavy atom. The van der Waals surface area contributed by atoms with Gasteiger partial charge in [-0.05, 0) is 84.6 Å². The molecule has 0 spiro atoms. The van der Waals surface area contributed by atoms with Crippen LogP contribution in [0.2, 0.25) is 0 Å². The number of hydrogen-bond donors (Lipinski definition) is 3. The smallest absolute Gasteiger partial charge is 0.120 e. The van der Waals surface area contributed by atoms with Crippen LogP contribution in [0, 0.1) is 17.3 Å². The Labute approximate surface area is 179 Å². The van der Waals surface area contributed by atoms with Crippen LogP contribution in [0.3, 0.4) is 0 Å². The van der Waals surface area contributed by atoms with E-state index in [0.717, 1.165) is 37.0 Å². The molecule has 4 nitrogen and oxygen atoms in total. The van der Waals surface area contributed by atoms with Crippen molar-refractivity contribution in [2.45, 2.75) is 63.6 Å². The van der Waals surface area contributed by atoms with Gasteiger partial charge in [-0.2, -0.15) is 0 Å². The molecule has 0 radical (unpaired) electrons. The Morgan fingerprint density at radius 2 is 2.00 bits per heavy atom. The molecule has 0 heterocycles. The maximum Gasteiger partial charge on any atom is 0.120 e. The average Bonchev–Trinajstić information content (AvgIpc) is 3.03. The summed E-state index contributed by atoms with van der Waals surface area (Å²) in [4.78, 5) is 0. The topological polar surface area (TPSA) is 61.7 Å². The Balaban J connectivity index is 1.35. The first kappa shape index (κ1) is 19.9. The van der Waals surface area contributed by atoms with Crippen molar-refractivity contribution in [2.75, 3.05) is 7.11 Å². The van der Waals surface area contributed by atoms with Crippen LogP contribution in [0.1, 0.15) is 55.2 Å². The summed E-state index contributed by atoms with van der Waals surface area (Å²) in [7, 11) is 1.74. The first-order valence-corrected chi connectivity index (χ1v) is 11.4. The molecule has 2 saturated carbocycles. The first-order valence-electron chi connectivity index (χ1n) is 11.4. The van der Waals surface area contributed by atoms with E-state index in [2.05, 4.69) is 30.4 Å². The van der Waals surface area contributed by atoms with E-state index in [-0.39, 0.29) is 17.6 Å². The number of aromatic hydroxyl groups is 1. The molecule has 0 aliphatic heterocycles. The SMILES string of the molecule is COc1ccc2c(c1)CCC1C2CC[C@@]2(C)C1C[C@@H](NCc1ccccc1O)[C@H]2O. The second-order valence-electron chi connectivity index (χ2n) is 9.82. The third-order valence-corrected chi connectivity index (χ3v) is 8.48. The number of fused-ring (bicyclic) bond motifs is 5. The summed E-state index contributed by atoms with van der Waals surface area (Å²) in [5.41, 5.74) is 3.82. The van der Waals surface area contributed by atoms with E-state index in [1.807, 2.05) is 18.2 Å². The van der Waals surface area contributed by atoms with Gasteiger partial charge in [-0.15, -0.1) is 0 Å². The van der Waals surface area contributed by atoms with Gasteiger partial charge >= 0.3 is 0 Å². The second kappa shape index (κ2) is 7.58. The number of phenolic OH excluding ortho intramolecular Hbond substituents is 1. The minimum absolute atomic E-state index is 0.0263. The molecule has 0 aromatic heterocycles. The number of hydrogen-bond acceptors (Lipinski definition) is 4. The van der Waals surface area contributed by atoms with Gasteiger partial charge in [-0.1, -0.05) is 31.2 Å². The third-order valence-electron chi connectivity index (χ3n) is 8.48. The summed E-state index contributed by atoms with van der Waals surface area (Å²) in [6, 6.07) is 14.2. The molecular formula is C26H33NO3. The standard InChI is InChI=1S/C26H33NO3/c1-26-12-11-20-19-10-8-18(30-2)13-16(19)7-9-21(20)22(26)14-23(25(26)29)27-15-17-5-3-4-6-24(17)28/h3-6,8,10,13,20-23,25,27-29H,7,9,11-12,14-15H2,1-2H3/t20?,21?,22?,23-,25-,26+/m1/s1. The molecule has 2 aromatic rings. The Morgan fingerprint density at radius 3 is 2.80 bits per heavy atom. The third kappa shape index (κ3) is 3.12. The number of ether oxygens (including phenoxy) is 1. The van der Waals surface area contributed by atoms with E-state index in [9.17, 15) is 10.2 Å². The fourth-order valence-electron chi connectivity index (χ4n) is 6.80. The van der Waals surface area contributed by atoms with Crippen LogP contribution in [0.25, 0.3) is 0 Å². The first-order chi connectivity index (χ1) is 14.5. The Bertz CT molecular complexity index is 928. The van der Waals surface area contributed by atoms with Crippen LogP contribution in [-0.2, 0) is 13.0 Å². The molecule has 30 heavy (non-hydrogen) atoms. The lowest BCUT2D eigenvalue weighted by Gasteiger charge is -2.50. The van der Waals surface area contributed by atoms with E-state index in [1.165, 1.54) is 17.5 Å². The van der Waals surface area contributed by atoms with Crippen LogP contribution in [0.15, 0.2) is 42.5 Å². The van der Waals surface area contributed by atoms with Gasteiger partial charge in [0.25, 0.3) is 0 Å². The summed E-state index contributed by atoms with van der Waals surface area (Å²) < 4.78 is 5.44. The molecule has 2 fully saturated rings. The minimum atomic E-state index is -0.341. The van der Waals surface area contributed by atoms with Crippen molar-refractivity contribution in [1.29, 1.82) is 0 Å². The van der Waals surface area contributed by atoms with Crippen LogP contribution < -0.4 is 10.1 Å². The average molecular weight is 408 g/mol. The van der Waals surface area contributed by atoms with Crippen molar-refractivity contribution in [3.05, 3.63) is 59.2 Å². The minimum Gasteiger partial charge on any atom is -0.508 e. The number of aryl methyl sites for hydroxylation is 1. The molecule has 0 amide bonds. The quantitative estimate of drug-likeness (QED) is 0.704. The fourth-order valence-corrected chi connectivity index (χ4v) is 6.80. The predicted octanol–water partition coefficient (Wildman–Crippen LogP) is 4.39. The highest BCUT2D eigenvalue weighted by Gasteiger charge is 2.57. The number of nitrogens with one attached hydrogen (secondary N) is 1. The second-order valence-corrected chi connectivity index (χ2v) is 9.82. The highest BCUT2D eigenvalue weighted by Crippen LogP contribution is 2.61. The molecule has 2 aromatic carbocycles. The zero-order valence-corrected chi connectivity index (χ0v) is 18.0. The van der Waals surface area contributed by atoms with Gasteiger partial charge in [0, 0.05) is 18.2 Å². The highest BCUT2D eigenvalue weighted by molar-refractivity contribution is 5.41. The lowest BCUT2D eigenvalue weighted by atomic mass is 9.55. The summed E-state index contributed by atoms with van der Waals surface area (Å²) >= 11 is 0. The predicted molar refractivity (Wildman–Crippen MR) is 118 cm³/mol. The molecule has 4 heteroatoms. The monoisotopic (exact) mass is 407 g/mol. The van der Waals surface area contributed by atoms with Gasteiger partial charge in [0.05, 0.1) is 13.2 Å². The van der Waals surface area contributed by atoms with Gasteiger partial charge in [-0.25, -0.2) is 0 Å². The summed E-state index contributed by atoms with van der Waals surface area (Å²) in [5.74, 6) is 3.04. The number of methoxy groups -OCH3 is 1. The van der Waals surface area contributed by atoms with Gasteiger partial charge in [0.1, 0.15) is 11.5 Å². The maximum atomic E-state index is 11.3. The van der Waals surface area contributed by atoms with Gasteiger partial charge in [-0.3, -0.25) is 0 Å². The molecule has 160 valence electrons. The van der Waals surface area contributed by atoms with E-state index in [0.29, 0.717) is 30.0 Å². The summed E-state index contributed by atoms with van der Waals surface area (Å²) in [5, 5.41) is 25.0. The normalized spacial score (nSPS) is 34.7. The molecule has 3 aliphatic carbocycles. The van der Waals surface area contributed by atoms with Crippen LogP contribution in [-0.4, -0.2) is 29.5 Å². The Kier molecular flexibility index (Phi) is 5.03. The number of para-hydroxylation sites is 1. The Hall–Kier alpha value is -2.04. The molecule has 0 bridgehead atoms. The van der Waals surface area contributed by atoms with E-state index in [1.54, 1.807) is 13.2 Å². The number of benzene rings is 2. The van der Waals surface area contributed by atoms with Crippen LogP contribution >= 0.6 is 0 Å². The summed E-state index contributed by atoms with van der Waals surface area (Å²) in [6.45, 7) is 2.90. The number of aliphatic hydroxyl groups is 1. The van der Waals surface area contributed by atoms with Crippen molar-refractivity contribution < 1.29 is 14.9 Å². The molecular weight excluding hydrogens is 374 g/mol. The lowest BCUT2D eigenvalue weighted by Crippen LogP contribution is -2.46. The van der Waals surface area contributed by atoms with Gasteiger partial charge in [0.2, 0.25) is 0 Å². The summed E-state index contributed by atoms with van der Waals surface area (Å²) in [6.07, 6.45) is 5.20. The van der Waals surface area contributed by atoms with E-state index in [4.69, 9.17) is 4.74 Å². The molecule has 3 aliphatic rings. The number of phenols is 1. The van der Waals surface area contributed by atoms with Crippen LogP contribution in [0.5, 0.6) is 11.5 Å². The van der Waals surface area contributed by atoms with Crippen molar-refractivity contribution in [2.24, 2.45) is 17.3 Å². The van der Waals surface area contributed by atoms with Crippen molar-refractivity contribution in [1.82, 2.24) is 5.32 Å². The molecule has 3 N–H and O–H groups in total. The van der Waals surface area contributed by atoms with Gasteiger partial charge in [0.15, 0.2) is 0 Å². The molecule has 3 unspecified atom stereocenters. The van der Waals surface area contributed by atoms with Crippen LogP contribution in [0.4, 0.5) is 0 Å². The van der Waals surface area contributed by atoms with Crippen molar-refractivity contribution in [3.8, 4) is 11.5 Å². The highest BCUT2D eigenvalue weighted by atomic mass is 16.5. The van der Waals surface area contributed by atoms with Gasteiger partial charge < -0.3 is 20.3 Å². The maximum absolute atomic E-state index is 11.3. The number of aliphatic hydroxyl groups excluding tert-OH is 1. The molecule has 6 atom stereocenters. The fraction of sp³-hybridized carbons (Fsp3) is 0.538. The molecule has 0 saturated heterocycles. The van der Waals surface area contributed by atoms with Crippen molar-refractivity contribution in [3.63, 3.8) is 0 Å². The van der Waals surface area contributed by atoms with Crippen molar-refractivity contribution >= 4 is 0 Å².